The first-order chi connectivity index (χ1) is 8.27. The number of rotatable bonds is 4. The molecule has 1 unspecified atom stereocenters. The molecule has 2 atom stereocenters. The molecule has 0 spiro atoms. The van der Waals surface area contributed by atoms with E-state index in [0.717, 1.165) is 17.1 Å². The van der Waals surface area contributed by atoms with Crippen molar-refractivity contribution in [3.63, 3.8) is 0 Å². The minimum atomic E-state index is -0.0941. The summed E-state index contributed by atoms with van der Waals surface area (Å²) in [6.45, 7) is 12.9. The Morgan fingerprint density at radius 3 is 2.39 bits per heavy atom. The second-order valence-corrected chi connectivity index (χ2v) is 5.76. The molecule has 0 aliphatic carbocycles. The van der Waals surface area contributed by atoms with Gasteiger partial charge in [-0.25, -0.2) is 9.97 Å². The molecule has 4 heteroatoms. The molecule has 1 heterocycles. The molecule has 2 N–H and O–H groups in total. The Hall–Kier alpha value is -1.00. The zero-order chi connectivity index (χ0) is 13.9. The Balaban J connectivity index is 3.11. The Morgan fingerprint density at radius 2 is 2.00 bits per heavy atom. The molecular weight excluding hydrogens is 226 g/mol. The molecule has 0 aromatic carbocycles. The van der Waals surface area contributed by atoms with Crippen LogP contribution in [0.1, 0.15) is 63.8 Å². The molecule has 0 fully saturated rings. The van der Waals surface area contributed by atoms with Gasteiger partial charge >= 0.3 is 0 Å². The highest BCUT2D eigenvalue weighted by Crippen LogP contribution is 2.34. The zero-order valence-electron chi connectivity index (χ0n) is 12.3. The number of ether oxygens (including phenoxy) is 1. The molecule has 1 aromatic heterocycles. The Kier molecular flexibility index (Phi) is 4.82. The second-order valence-electron chi connectivity index (χ2n) is 5.76. The van der Waals surface area contributed by atoms with E-state index in [4.69, 9.17) is 10.5 Å². The van der Waals surface area contributed by atoms with Crippen LogP contribution in [0.2, 0.25) is 0 Å². The lowest BCUT2D eigenvalue weighted by Gasteiger charge is -2.29. The summed E-state index contributed by atoms with van der Waals surface area (Å²) < 4.78 is 5.79. The number of aromatic nitrogens is 2. The van der Waals surface area contributed by atoms with Gasteiger partial charge in [-0.15, -0.1) is 0 Å². The van der Waals surface area contributed by atoms with Crippen molar-refractivity contribution in [3.05, 3.63) is 23.3 Å². The normalized spacial score (nSPS) is 15.5. The third-order valence-electron chi connectivity index (χ3n) is 2.88. The average molecular weight is 251 g/mol. The summed E-state index contributed by atoms with van der Waals surface area (Å²) in [7, 11) is 0. The Labute approximate surface area is 110 Å². The lowest BCUT2D eigenvalue weighted by Crippen LogP contribution is -2.24. The van der Waals surface area contributed by atoms with Gasteiger partial charge in [0.15, 0.2) is 5.82 Å². The summed E-state index contributed by atoms with van der Waals surface area (Å²) in [4.78, 5) is 8.99. The van der Waals surface area contributed by atoms with Crippen molar-refractivity contribution in [1.29, 1.82) is 0 Å². The van der Waals surface area contributed by atoms with Crippen LogP contribution in [0.5, 0.6) is 0 Å². The summed E-state index contributed by atoms with van der Waals surface area (Å²) >= 11 is 0. The number of aryl methyl sites for hydroxylation is 1. The van der Waals surface area contributed by atoms with Crippen LogP contribution in [0.4, 0.5) is 0 Å². The minimum absolute atomic E-state index is 0.0295. The summed E-state index contributed by atoms with van der Waals surface area (Å²) in [5.41, 5.74) is 7.77. The topological polar surface area (TPSA) is 61.0 Å². The highest BCUT2D eigenvalue weighted by atomic mass is 16.5. The van der Waals surface area contributed by atoms with Gasteiger partial charge < -0.3 is 10.5 Å². The van der Waals surface area contributed by atoms with E-state index < -0.39 is 0 Å². The van der Waals surface area contributed by atoms with E-state index in [1.807, 2.05) is 27.0 Å². The molecule has 0 amide bonds. The first-order valence-corrected chi connectivity index (χ1v) is 6.48. The predicted molar refractivity (Wildman–Crippen MR) is 73.2 cm³/mol. The highest BCUT2D eigenvalue weighted by molar-refractivity contribution is 5.20. The molecule has 18 heavy (non-hydrogen) atoms. The van der Waals surface area contributed by atoms with Crippen molar-refractivity contribution in [1.82, 2.24) is 9.97 Å². The van der Waals surface area contributed by atoms with Gasteiger partial charge in [0.05, 0.1) is 0 Å². The molecule has 102 valence electrons. The maximum Gasteiger partial charge on any atom is 0.157 e. The average Bonchev–Trinajstić information content (AvgIpc) is 2.23. The summed E-state index contributed by atoms with van der Waals surface area (Å²) in [6.07, 6.45) is 1.73. The van der Waals surface area contributed by atoms with E-state index in [2.05, 4.69) is 30.7 Å². The molecule has 0 radical (unpaired) electrons. The summed E-state index contributed by atoms with van der Waals surface area (Å²) in [6, 6.07) is -0.0424. The molecule has 0 aliphatic heterocycles. The number of nitrogens with zero attached hydrogens (tertiary/aromatic N) is 2. The Bertz CT molecular complexity index is 397. The van der Waals surface area contributed by atoms with Crippen molar-refractivity contribution in [2.45, 2.75) is 53.7 Å². The van der Waals surface area contributed by atoms with E-state index in [1.165, 1.54) is 0 Å². The van der Waals surface area contributed by atoms with E-state index in [9.17, 15) is 0 Å². The van der Waals surface area contributed by atoms with Gasteiger partial charge in [-0.1, -0.05) is 20.8 Å². The third-order valence-corrected chi connectivity index (χ3v) is 2.88. The summed E-state index contributed by atoms with van der Waals surface area (Å²) in [5.74, 6) is 0.742. The fraction of sp³-hybridized carbons (Fsp3) is 0.714. The van der Waals surface area contributed by atoms with Gasteiger partial charge in [-0.05, 0) is 26.2 Å². The fourth-order valence-corrected chi connectivity index (χ4v) is 1.95. The predicted octanol–water partition coefficient (Wildman–Crippen LogP) is 2.93. The van der Waals surface area contributed by atoms with Gasteiger partial charge in [0.1, 0.15) is 6.10 Å². The molecule has 0 saturated carbocycles. The fourth-order valence-electron chi connectivity index (χ4n) is 1.95. The largest absolute Gasteiger partial charge is 0.370 e. The van der Waals surface area contributed by atoms with Crippen LogP contribution in [0.3, 0.4) is 0 Å². The van der Waals surface area contributed by atoms with Gasteiger partial charge in [-0.2, -0.15) is 0 Å². The minimum Gasteiger partial charge on any atom is -0.370 e. The van der Waals surface area contributed by atoms with E-state index in [0.29, 0.717) is 6.61 Å². The van der Waals surface area contributed by atoms with Crippen LogP contribution in [-0.4, -0.2) is 16.6 Å². The van der Waals surface area contributed by atoms with Crippen molar-refractivity contribution < 1.29 is 4.74 Å². The van der Waals surface area contributed by atoms with Crippen molar-refractivity contribution in [3.8, 4) is 0 Å². The smallest absolute Gasteiger partial charge is 0.157 e. The standard InChI is InChI=1S/C14H25N3O/c1-7-18-12(14(4,5)6)13-16-8-11(9(2)15)10(3)17-13/h8-9,12H,7,15H2,1-6H3/t9-,12?/m1/s1. The van der Waals surface area contributed by atoms with Crippen LogP contribution >= 0.6 is 0 Å². The number of hydrogen-bond donors (Lipinski definition) is 1. The third kappa shape index (κ3) is 3.50. The van der Waals surface area contributed by atoms with Gasteiger partial charge in [0, 0.05) is 30.1 Å². The molecule has 0 saturated heterocycles. The maximum atomic E-state index is 5.87. The van der Waals surface area contributed by atoms with Crippen LogP contribution in [0.15, 0.2) is 6.20 Å². The molecule has 0 aliphatic rings. The first kappa shape index (κ1) is 15.1. The molecule has 1 rings (SSSR count). The maximum absolute atomic E-state index is 5.87. The van der Waals surface area contributed by atoms with Crippen molar-refractivity contribution in [2.75, 3.05) is 6.61 Å². The van der Waals surface area contributed by atoms with E-state index in [-0.39, 0.29) is 17.6 Å². The summed E-state index contributed by atoms with van der Waals surface area (Å²) in [5, 5.41) is 0. The monoisotopic (exact) mass is 251 g/mol. The van der Waals surface area contributed by atoms with Gasteiger partial charge in [-0.3, -0.25) is 0 Å². The molecule has 1 aromatic rings. The number of nitrogens with two attached hydrogens (primary N) is 1. The molecule has 4 nitrogen and oxygen atoms in total. The lowest BCUT2D eigenvalue weighted by molar-refractivity contribution is -0.0192. The van der Waals surface area contributed by atoms with Crippen LogP contribution in [-0.2, 0) is 4.74 Å². The zero-order valence-corrected chi connectivity index (χ0v) is 12.3. The first-order valence-electron chi connectivity index (χ1n) is 6.48. The SMILES string of the molecule is CCOC(c1ncc([C@@H](C)N)c(C)n1)C(C)(C)C. The van der Waals surface area contributed by atoms with Gasteiger partial charge in [0.25, 0.3) is 0 Å². The Morgan fingerprint density at radius 1 is 1.39 bits per heavy atom. The van der Waals surface area contributed by atoms with Crippen LogP contribution < -0.4 is 5.73 Å². The highest BCUT2D eigenvalue weighted by Gasteiger charge is 2.29. The van der Waals surface area contributed by atoms with Gasteiger partial charge in [0.2, 0.25) is 0 Å². The quantitative estimate of drug-likeness (QED) is 0.893. The second kappa shape index (κ2) is 5.76. The van der Waals surface area contributed by atoms with Crippen LogP contribution in [0.25, 0.3) is 0 Å². The van der Waals surface area contributed by atoms with Crippen molar-refractivity contribution in [2.24, 2.45) is 11.1 Å². The molecular formula is C14H25N3O. The molecule has 0 bridgehead atoms. The lowest BCUT2D eigenvalue weighted by atomic mass is 9.88. The number of hydrogen-bond acceptors (Lipinski definition) is 4. The van der Waals surface area contributed by atoms with E-state index >= 15 is 0 Å². The van der Waals surface area contributed by atoms with Crippen LogP contribution in [0, 0.1) is 12.3 Å². The van der Waals surface area contributed by atoms with Crippen molar-refractivity contribution >= 4 is 0 Å². The van der Waals surface area contributed by atoms with E-state index in [1.54, 1.807) is 0 Å².